The normalized spacial score (nSPS) is 11.0. The molecule has 0 aromatic heterocycles. The largest absolute Gasteiger partial charge is 0.566 e. The maximum atomic E-state index is 10.9. The maximum Gasteiger partial charge on any atom is 0.488 e. The summed E-state index contributed by atoms with van der Waals surface area (Å²) < 4.78 is 19.3. The lowest BCUT2D eigenvalue weighted by Gasteiger charge is -2.03. The number of hydrogen-bond acceptors (Lipinski definition) is 5. The lowest BCUT2D eigenvalue weighted by molar-refractivity contribution is -0.185. The third-order valence-electron chi connectivity index (χ3n) is 1.82. The van der Waals surface area contributed by atoms with Crippen molar-refractivity contribution < 1.29 is 23.5 Å². The third-order valence-corrected chi connectivity index (χ3v) is 2.21. The maximum absolute atomic E-state index is 10.9. The standard InChI is InChI=1S/C10H17O5P/c1-9(2)10(11)14-7-5-3-4-6-8-15-16(12)13/h1,3-8H2,2H3. The molecule has 0 saturated heterocycles. The van der Waals surface area contributed by atoms with Crippen LogP contribution in [-0.4, -0.2) is 19.2 Å². The second-order valence-corrected chi connectivity index (χ2v) is 4.09. The van der Waals surface area contributed by atoms with Gasteiger partial charge in [0.25, 0.3) is 0 Å². The van der Waals surface area contributed by atoms with Crippen molar-refractivity contribution >= 4 is 14.2 Å². The van der Waals surface area contributed by atoms with Gasteiger partial charge in [0.15, 0.2) is 0 Å². The number of hydrogen-bond donors (Lipinski definition) is 0. The van der Waals surface area contributed by atoms with Crippen molar-refractivity contribution in [2.24, 2.45) is 0 Å². The van der Waals surface area contributed by atoms with E-state index in [1.54, 1.807) is 6.92 Å². The fourth-order valence-corrected chi connectivity index (χ4v) is 1.26. The quantitative estimate of drug-likeness (QED) is 0.268. The zero-order chi connectivity index (χ0) is 12.4. The van der Waals surface area contributed by atoms with E-state index in [1.807, 2.05) is 0 Å². The number of esters is 1. The van der Waals surface area contributed by atoms with Crippen LogP contribution in [0.1, 0.15) is 32.6 Å². The second-order valence-electron chi connectivity index (χ2n) is 3.39. The van der Waals surface area contributed by atoms with E-state index < -0.39 is 8.25 Å². The van der Waals surface area contributed by atoms with Crippen LogP contribution in [0, 0.1) is 0 Å². The number of carbonyl (C=O) groups is 1. The fraction of sp³-hybridized carbons (Fsp3) is 0.700. The first-order valence-electron chi connectivity index (χ1n) is 5.14. The summed E-state index contributed by atoms with van der Waals surface area (Å²) in [5, 5.41) is 0. The van der Waals surface area contributed by atoms with E-state index in [4.69, 9.17) is 4.74 Å². The van der Waals surface area contributed by atoms with Crippen LogP contribution in [0.25, 0.3) is 0 Å². The Bertz CT molecular complexity index is 252. The molecule has 0 aliphatic heterocycles. The van der Waals surface area contributed by atoms with E-state index in [0.717, 1.165) is 19.3 Å². The molecule has 0 heterocycles. The monoisotopic (exact) mass is 248 g/mol. The van der Waals surface area contributed by atoms with Crippen molar-refractivity contribution in [1.82, 2.24) is 0 Å². The highest BCUT2D eigenvalue weighted by atomic mass is 31.1. The summed E-state index contributed by atoms with van der Waals surface area (Å²) in [6, 6.07) is 0. The van der Waals surface area contributed by atoms with E-state index in [2.05, 4.69) is 11.1 Å². The van der Waals surface area contributed by atoms with E-state index in [1.165, 1.54) is 0 Å². The van der Waals surface area contributed by atoms with Gasteiger partial charge in [-0.25, -0.2) is 4.79 Å². The summed E-state index contributed by atoms with van der Waals surface area (Å²) in [6.07, 6.45) is 3.19. The van der Waals surface area contributed by atoms with Crippen LogP contribution in [0.2, 0.25) is 0 Å². The van der Waals surface area contributed by atoms with Crippen molar-refractivity contribution in [3.05, 3.63) is 12.2 Å². The number of rotatable bonds is 9. The average molecular weight is 248 g/mol. The molecule has 1 atom stereocenters. The average Bonchev–Trinajstić information content (AvgIpc) is 2.21. The molecule has 0 spiro atoms. The Morgan fingerprint density at radius 2 is 1.81 bits per heavy atom. The third kappa shape index (κ3) is 9.77. The van der Waals surface area contributed by atoms with Crippen LogP contribution in [0.5, 0.6) is 0 Å². The zero-order valence-corrected chi connectivity index (χ0v) is 10.3. The molecular formula is C10H17O5P. The molecule has 0 aliphatic carbocycles. The minimum absolute atomic E-state index is 0.226. The minimum atomic E-state index is -2.72. The molecule has 0 saturated carbocycles. The Morgan fingerprint density at radius 3 is 2.31 bits per heavy atom. The molecule has 6 heteroatoms. The summed E-state index contributed by atoms with van der Waals surface area (Å²) in [7, 11) is -2.72. The molecule has 0 rings (SSSR count). The van der Waals surface area contributed by atoms with Gasteiger partial charge in [-0.1, -0.05) is 13.0 Å². The predicted octanol–water partition coefficient (Wildman–Crippen LogP) is 1.70. The molecule has 0 N–H and O–H groups in total. The van der Waals surface area contributed by atoms with E-state index in [-0.39, 0.29) is 12.6 Å². The zero-order valence-electron chi connectivity index (χ0n) is 9.44. The van der Waals surface area contributed by atoms with Gasteiger partial charge in [0, 0.05) is 5.57 Å². The lowest BCUT2D eigenvalue weighted by Crippen LogP contribution is -2.06. The van der Waals surface area contributed by atoms with Crippen molar-refractivity contribution in [3.8, 4) is 0 Å². The number of ether oxygens (including phenoxy) is 1. The summed E-state index contributed by atoms with van der Waals surface area (Å²) in [5.74, 6) is -0.369. The molecule has 1 unspecified atom stereocenters. The molecule has 0 bridgehead atoms. The predicted molar refractivity (Wildman–Crippen MR) is 57.8 cm³/mol. The molecule has 5 nitrogen and oxygen atoms in total. The van der Waals surface area contributed by atoms with E-state index in [9.17, 15) is 14.3 Å². The highest BCUT2D eigenvalue weighted by Gasteiger charge is 2.02. The van der Waals surface area contributed by atoms with Crippen LogP contribution in [0.4, 0.5) is 0 Å². The highest BCUT2D eigenvalue weighted by molar-refractivity contribution is 7.30. The molecule has 0 fully saturated rings. The number of unbranched alkanes of at least 4 members (excludes halogenated alkanes) is 3. The van der Waals surface area contributed by atoms with E-state index >= 15 is 0 Å². The van der Waals surface area contributed by atoms with Gasteiger partial charge in [-0.15, -0.1) is 4.52 Å². The van der Waals surface area contributed by atoms with Crippen LogP contribution in [0.15, 0.2) is 12.2 Å². The Labute approximate surface area is 96.4 Å². The van der Waals surface area contributed by atoms with Gasteiger partial charge in [-0.05, 0) is 30.8 Å². The van der Waals surface area contributed by atoms with Crippen LogP contribution < -0.4 is 4.89 Å². The Kier molecular flexibility index (Phi) is 9.00. The molecule has 0 aromatic carbocycles. The molecule has 16 heavy (non-hydrogen) atoms. The first-order valence-corrected chi connectivity index (χ1v) is 6.23. The molecular weight excluding hydrogens is 231 g/mol. The lowest BCUT2D eigenvalue weighted by atomic mass is 10.2. The first-order chi connectivity index (χ1) is 7.54. The Morgan fingerprint density at radius 1 is 1.25 bits per heavy atom. The topological polar surface area (TPSA) is 75.7 Å². The SMILES string of the molecule is C=C(C)C(=O)OCCCCCCO[P+](=O)[O-]. The Hall–Kier alpha value is -0.770. The highest BCUT2D eigenvalue weighted by Crippen LogP contribution is 2.10. The van der Waals surface area contributed by atoms with Crippen molar-refractivity contribution in [3.63, 3.8) is 0 Å². The summed E-state index contributed by atoms with van der Waals surface area (Å²) in [5.41, 5.74) is 0.396. The van der Waals surface area contributed by atoms with Gasteiger partial charge >= 0.3 is 14.2 Å². The molecule has 0 aromatic rings. The molecule has 92 valence electrons. The minimum Gasteiger partial charge on any atom is -0.566 e. The first kappa shape index (κ1) is 15.2. The van der Waals surface area contributed by atoms with Gasteiger partial charge in [-0.3, -0.25) is 0 Å². The molecule has 0 radical (unpaired) electrons. The molecule has 0 aliphatic rings. The van der Waals surface area contributed by atoms with Crippen molar-refractivity contribution in [2.45, 2.75) is 32.6 Å². The van der Waals surface area contributed by atoms with Gasteiger partial charge in [0.2, 0.25) is 0 Å². The summed E-state index contributed by atoms with van der Waals surface area (Å²) in [4.78, 5) is 21.0. The van der Waals surface area contributed by atoms with Crippen LogP contribution >= 0.6 is 8.25 Å². The van der Waals surface area contributed by atoms with Crippen LogP contribution in [-0.2, 0) is 18.6 Å². The molecule has 0 amide bonds. The van der Waals surface area contributed by atoms with Gasteiger partial charge in [0.1, 0.15) is 6.61 Å². The van der Waals surface area contributed by atoms with Crippen LogP contribution in [0.3, 0.4) is 0 Å². The second kappa shape index (κ2) is 9.46. The van der Waals surface area contributed by atoms with Crippen molar-refractivity contribution in [2.75, 3.05) is 13.2 Å². The summed E-state index contributed by atoms with van der Waals surface area (Å²) in [6.45, 7) is 5.67. The van der Waals surface area contributed by atoms with E-state index in [0.29, 0.717) is 18.6 Å². The smallest absolute Gasteiger partial charge is 0.488 e. The number of carbonyl (C=O) groups excluding carboxylic acids is 1. The Balaban J connectivity index is 3.19. The van der Waals surface area contributed by atoms with Gasteiger partial charge in [0.05, 0.1) is 6.61 Å². The van der Waals surface area contributed by atoms with Gasteiger partial charge < -0.3 is 9.63 Å². The fourth-order valence-electron chi connectivity index (χ4n) is 0.985. The van der Waals surface area contributed by atoms with Gasteiger partial charge in [-0.2, -0.15) is 0 Å². The van der Waals surface area contributed by atoms with Crippen molar-refractivity contribution in [1.29, 1.82) is 0 Å². The summed E-state index contributed by atoms with van der Waals surface area (Å²) >= 11 is 0.